The molecule has 0 aliphatic carbocycles. The highest BCUT2D eigenvalue weighted by molar-refractivity contribution is 5.76. The normalized spacial score (nSPS) is 14.3. The first-order chi connectivity index (χ1) is 16.1. The lowest BCUT2D eigenvalue weighted by molar-refractivity contribution is -0.132. The summed E-state index contributed by atoms with van der Waals surface area (Å²) in [5, 5.41) is 8.27. The SMILES string of the molecule is CCOc1cccc(-c2nnc(CCC(=O)N3CCC(Cc4ccccc4)CC3)c(=O)[nH]2)c1. The zero-order valence-electron chi connectivity index (χ0n) is 19.0. The third-order valence-electron chi connectivity index (χ3n) is 6.09. The molecule has 3 aromatic rings. The van der Waals surface area contributed by atoms with Gasteiger partial charge in [-0.05, 0) is 49.8 Å². The molecule has 0 bridgehead atoms. The zero-order chi connectivity index (χ0) is 23.0. The Hall–Kier alpha value is -3.48. The molecule has 172 valence electrons. The molecule has 0 atom stereocenters. The number of nitrogens with one attached hydrogen (secondary N) is 1. The van der Waals surface area contributed by atoms with Crippen molar-refractivity contribution in [2.45, 2.75) is 39.0 Å². The van der Waals surface area contributed by atoms with Gasteiger partial charge in [0, 0.05) is 31.5 Å². The van der Waals surface area contributed by atoms with Gasteiger partial charge in [0.1, 0.15) is 11.4 Å². The number of nitrogens with zero attached hydrogens (tertiary/aromatic N) is 3. The van der Waals surface area contributed by atoms with Crippen LogP contribution in [0.15, 0.2) is 59.4 Å². The van der Waals surface area contributed by atoms with Crippen molar-refractivity contribution in [2.24, 2.45) is 5.92 Å². The number of benzene rings is 2. The molecule has 1 saturated heterocycles. The first-order valence-electron chi connectivity index (χ1n) is 11.6. The number of aromatic amines is 1. The summed E-state index contributed by atoms with van der Waals surface area (Å²) in [6.45, 7) is 4.02. The van der Waals surface area contributed by atoms with E-state index in [0.29, 0.717) is 24.1 Å². The lowest BCUT2D eigenvalue weighted by Crippen LogP contribution is -2.39. The summed E-state index contributed by atoms with van der Waals surface area (Å²) in [6, 6.07) is 17.9. The van der Waals surface area contributed by atoms with Crippen molar-refractivity contribution in [1.82, 2.24) is 20.1 Å². The maximum absolute atomic E-state index is 12.7. The van der Waals surface area contributed by atoms with Crippen molar-refractivity contribution in [2.75, 3.05) is 19.7 Å². The van der Waals surface area contributed by atoms with Crippen LogP contribution in [-0.4, -0.2) is 45.7 Å². The van der Waals surface area contributed by atoms with E-state index in [1.807, 2.05) is 42.2 Å². The molecule has 0 spiro atoms. The number of H-pyrrole nitrogens is 1. The van der Waals surface area contributed by atoms with E-state index in [1.165, 1.54) is 5.56 Å². The number of hydrogen-bond donors (Lipinski definition) is 1. The summed E-state index contributed by atoms with van der Waals surface area (Å²) in [5.41, 5.74) is 2.06. The van der Waals surface area contributed by atoms with E-state index in [0.717, 1.165) is 37.9 Å². The van der Waals surface area contributed by atoms with Gasteiger partial charge in [-0.3, -0.25) is 9.59 Å². The largest absolute Gasteiger partial charge is 0.494 e. The standard InChI is InChI=1S/C26H30N4O3/c1-2-33-22-10-6-9-21(18-22)25-27-26(32)23(28-29-25)11-12-24(31)30-15-13-20(14-16-30)17-19-7-4-3-5-8-19/h3-10,18,20H,2,11-17H2,1H3,(H,27,29,32). The molecule has 1 aliphatic rings. The second kappa shape index (κ2) is 10.9. The van der Waals surface area contributed by atoms with E-state index in [1.54, 1.807) is 0 Å². The van der Waals surface area contributed by atoms with Gasteiger partial charge in [-0.15, -0.1) is 10.2 Å². The van der Waals surface area contributed by atoms with Crippen LogP contribution >= 0.6 is 0 Å². The zero-order valence-corrected chi connectivity index (χ0v) is 19.0. The highest BCUT2D eigenvalue weighted by atomic mass is 16.5. The van der Waals surface area contributed by atoms with E-state index < -0.39 is 0 Å². The Morgan fingerprint density at radius 1 is 1.09 bits per heavy atom. The van der Waals surface area contributed by atoms with Crippen LogP contribution in [0.4, 0.5) is 0 Å². The number of carbonyl (C=O) groups excluding carboxylic acids is 1. The number of piperidine rings is 1. The smallest absolute Gasteiger partial charge is 0.273 e. The molecule has 0 radical (unpaired) electrons. The van der Waals surface area contributed by atoms with Crippen LogP contribution in [0.2, 0.25) is 0 Å². The number of aryl methyl sites for hydroxylation is 1. The predicted molar refractivity (Wildman–Crippen MR) is 127 cm³/mol. The van der Waals surface area contributed by atoms with Gasteiger partial charge in [-0.25, -0.2) is 0 Å². The average Bonchev–Trinajstić information content (AvgIpc) is 2.84. The van der Waals surface area contributed by atoms with Crippen molar-refractivity contribution in [1.29, 1.82) is 0 Å². The molecule has 1 aromatic heterocycles. The van der Waals surface area contributed by atoms with Crippen LogP contribution in [-0.2, 0) is 17.6 Å². The molecule has 0 saturated carbocycles. The Morgan fingerprint density at radius 3 is 2.61 bits per heavy atom. The highest BCUT2D eigenvalue weighted by Gasteiger charge is 2.23. The van der Waals surface area contributed by atoms with E-state index in [9.17, 15) is 9.59 Å². The third-order valence-corrected chi connectivity index (χ3v) is 6.09. The van der Waals surface area contributed by atoms with Gasteiger partial charge in [0.05, 0.1) is 6.61 Å². The third kappa shape index (κ3) is 6.06. The second-order valence-corrected chi connectivity index (χ2v) is 8.42. The van der Waals surface area contributed by atoms with E-state index in [-0.39, 0.29) is 30.0 Å². The van der Waals surface area contributed by atoms with Gasteiger partial charge in [0.2, 0.25) is 5.91 Å². The Bertz CT molecular complexity index is 1120. The van der Waals surface area contributed by atoms with Gasteiger partial charge in [-0.1, -0.05) is 42.5 Å². The summed E-state index contributed by atoms with van der Waals surface area (Å²) in [6.07, 6.45) is 3.63. The van der Waals surface area contributed by atoms with Crippen LogP contribution in [0.25, 0.3) is 11.4 Å². The fourth-order valence-electron chi connectivity index (χ4n) is 4.27. The second-order valence-electron chi connectivity index (χ2n) is 8.42. The van der Waals surface area contributed by atoms with Crippen LogP contribution in [0.3, 0.4) is 0 Å². The number of ether oxygens (including phenoxy) is 1. The van der Waals surface area contributed by atoms with Gasteiger partial charge in [0.25, 0.3) is 5.56 Å². The van der Waals surface area contributed by atoms with Crippen LogP contribution in [0.1, 0.15) is 37.4 Å². The monoisotopic (exact) mass is 446 g/mol. The molecule has 0 unspecified atom stereocenters. The first kappa shape index (κ1) is 22.7. The number of hydrogen-bond acceptors (Lipinski definition) is 5. The minimum Gasteiger partial charge on any atom is -0.494 e. The molecule has 7 nitrogen and oxygen atoms in total. The Kier molecular flexibility index (Phi) is 7.50. The van der Waals surface area contributed by atoms with Crippen molar-refractivity contribution in [3.8, 4) is 17.1 Å². The van der Waals surface area contributed by atoms with Crippen LogP contribution < -0.4 is 10.3 Å². The summed E-state index contributed by atoms with van der Waals surface area (Å²) >= 11 is 0. The van der Waals surface area contributed by atoms with Gasteiger partial charge in [0.15, 0.2) is 5.82 Å². The molecule has 33 heavy (non-hydrogen) atoms. The molecule has 2 heterocycles. The predicted octanol–water partition coefficient (Wildman–Crippen LogP) is 3.64. The summed E-state index contributed by atoms with van der Waals surface area (Å²) in [7, 11) is 0. The number of carbonyl (C=O) groups is 1. The van der Waals surface area contributed by atoms with Crippen molar-refractivity contribution >= 4 is 5.91 Å². The highest BCUT2D eigenvalue weighted by Crippen LogP contribution is 2.22. The van der Waals surface area contributed by atoms with Crippen molar-refractivity contribution < 1.29 is 9.53 Å². The van der Waals surface area contributed by atoms with Gasteiger partial charge >= 0.3 is 0 Å². The van der Waals surface area contributed by atoms with E-state index >= 15 is 0 Å². The van der Waals surface area contributed by atoms with E-state index in [4.69, 9.17) is 4.74 Å². The molecule has 7 heteroatoms. The quantitative estimate of drug-likeness (QED) is 0.571. The average molecular weight is 447 g/mol. The lowest BCUT2D eigenvalue weighted by atomic mass is 9.90. The number of amides is 1. The fraction of sp³-hybridized carbons (Fsp3) is 0.385. The van der Waals surface area contributed by atoms with Crippen LogP contribution in [0, 0.1) is 5.92 Å². The Labute approximate surface area is 193 Å². The Balaban J connectivity index is 1.29. The summed E-state index contributed by atoms with van der Waals surface area (Å²) < 4.78 is 5.50. The van der Waals surface area contributed by atoms with Crippen molar-refractivity contribution in [3.63, 3.8) is 0 Å². The van der Waals surface area contributed by atoms with Crippen molar-refractivity contribution in [3.05, 3.63) is 76.2 Å². The maximum Gasteiger partial charge on any atom is 0.273 e. The minimum atomic E-state index is -0.309. The minimum absolute atomic E-state index is 0.0721. The fourth-order valence-corrected chi connectivity index (χ4v) is 4.27. The molecule has 1 N–H and O–H groups in total. The number of aromatic nitrogens is 3. The van der Waals surface area contributed by atoms with Gasteiger partial charge < -0.3 is 14.6 Å². The number of likely N-dealkylation sites (tertiary alicyclic amines) is 1. The molecular formula is C26H30N4O3. The molecular weight excluding hydrogens is 416 g/mol. The first-order valence-corrected chi connectivity index (χ1v) is 11.6. The summed E-state index contributed by atoms with van der Waals surface area (Å²) in [5.74, 6) is 1.78. The molecule has 2 aromatic carbocycles. The topological polar surface area (TPSA) is 88.2 Å². The van der Waals surface area contributed by atoms with Crippen LogP contribution in [0.5, 0.6) is 5.75 Å². The molecule has 1 amide bonds. The molecule has 1 aliphatic heterocycles. The number of rotatable bonds is 8. The Morgan fingerprint density at radius 2 is 1.88 bits per heavy atom. The molecule has 4 rings (SSSR count). The maximum atomic E-state index is 12.7. The lowest BCUT2D eigenvalue weighted by Gasteiger charge is -2.32. The molecule has 1 fully saturated rings. The summed E-state index contributed by atoms with van der Waals surface area (Å²) in [4.78, 5) is 29.9. The van der Waals surface area contributed by atoms with Gasteiger partial charge in [-0.2, -0.15) is 0 Å². The van der Waals surface area contributed by atoms with E-state index in [2.05, 4.69) is 39.4 Å².